The van der Waals surface area contributed by atoms with Gasteiger partial charge >= 0.3 is 0 Å². The zero-order chi connectivity index (χ0) is 9.14. The molecule has 0 aromatic carbocycles. The van der Waals surface area contributed by atoms with E-state index in [1.807, 2.05) is 0 Å². The molecule has 0 bridgehead atoms. The van der Waals surface area contributed by atoms with E-state index in [4.69, 9.17) is 5.73 Å². The van der Waals surface area contributed by atoms with Crippen LogP contribution in [0.25, 0.3) is 0 Å². The minimum atomic E-state index is 0.414. The fourth-order valence-corrected chi connectivity index (χ4v) is 1.72. The van der Waals surface area contributed by atoms with Crippen molar-refractivity contribution in [1.29, 1.82) is 0 Å². The molecule has 2 atom stereocenters. The van der Waals surface area contributed by atoms with Gasteiger partial charge in [0.05, 0.1) is 0 Å². The van der Waals surface area contributed by atoms with Gasteiger partial charge in [0.2, 0.25) is 0 Å². The molecule has 0 spiro atoms. The molecule has 1 heterocycles. The van der Waals surface area contributed by atoms with Crippen molar-refractivity contribution >= 4 is 0 Å². The largest absolute Gasteiger partial charge is 0.326 e. The average molecular weight is 170 g/mol. The van der Waals surface area contributed by atoms with Crippen molar-refractivity contribution in [2.24, 2.45) is 17.6 Å². The van der Waals surface area contributed by atoms with Crippen LogP contribution < -0.4 is 5.73 Å². The van der Waals surface area contributed by atoms with Crippen molar-refractivity contribution in [3.8, 4) is 0 Å². The average Bonchev–Trinajstić information content (AvgIpc) is 2.28. The van der Waals surface area contributed by atoms with Gasteiger partial charge in [0.25, 0.3) is 0 Å². The number of likely N-dealkylation sites (tertiary alicyclic amines) is 1. The summed E-state index contributed by atoms with van der Waals surface area (Å²) in [5.74, 6) is 1.51. The molecule has 72 valence electrons. The van der Waals surface area contributed by atoms with Crippen molar-refractivity contribution in [1.82, 2.24) is 4.90 Å². The lowest BCUT2D eigenvalue weighted by molar-refractivity contribution is 0.303. The quantitative estimate of drug-likeness (QED) is 0.692. The maximum Gasteiger partial charge on any atom is 0.0206 e. The van der Waals surface area contributed by atoms with Crippen LogP contribution in [0.5, 0.6) is 0 Å². The van der Waals surface area contributed by atoms with Gasteiger partial charge in [0.1, 0.15) is 0 Å². The van der Waals surface area contributed by atoms with Crippen LogP contribution in [-0.4, -0.2) is 30.6 Å². The van der Waals surface area contributed by atoms with Crippen molar-refractivity contribution in [3.63, 3.8) is 0 Å². The van der Waals surface area contributed by atoms with E-state index in [2.05, 4.69) is 25.7 Å². The Morgan fingerprint density at radius 2 is 2.08 bits per heavy atom. The first-order valence-electron chi connectivity index (χ1n) is 5.07. The van der Waals surface area contributed by atoms with E-state index in [0.29, 0.717) is 12.0 Å². The third-order valence-electron chi connectivity index (χ3n) is 2.77. The van der Waals surface area contributed by atoms with Crippen LogP contribution in [-0.2, 0) is 0 Å². The van der Waals surface area contributed by atoms with E-state index >= 15 is 0 Å². The van der Waals surface area contributed by atoms with E-state index in [1.54, 1.807) is 0 Å². The van der Waals surface area contributed by atoms with E-state index in [1.165, 1.54) is 19.5 Å². The molecule has 2 nitrogen and oxygen atoms in total. The first kappa shape index (κ1) is 10.0. The summed E-state index contributed by atoms with van der Waals surface area (Å²) in [6.07, 6.45) is 1.31. The molecule has 0 aromatic rings. The van der Waals surface area contributed by atoms with Crippen LogP contribution in [0.4, 0.5) is 0 Å². The second kappa shape index (κ2) is 4.24. The second-order valence-electron chi connectivity index (χ2n) is 4.58. The first-order chi connectivity index (χ1) is 5.59. The van der Waals surface area contributed by atoms with Crippen LogP contribution in [0.3, 0.4) is 0 Å². The monoisotopic (exact) mass is 170 g/mol. The number of rotatable bonds is 3. The molecule has 2 N–H and O–H groups in total. The first-order valence-corrected chi connectivity index (χ1v) is 5.07. The minimum absolute atomic E-state index is 0.414. The number of nitrogens with zero attached hydrogens (tertiary/aromatic N) is 1. The molecule has 1 fully saturated rings. The Labute approximate surface area is 76.1 Å². The van der Waals surface area contributed by atoms with Gasteiger partial charge in [-0.1, -0.05) is 20.8 Å². The molecule has 1 saturated heterocycles. The molecule has 0 aromatic heterocycles. The van der Waals surface area contributed by atoms with Gasteiger partial charge in [0, 0.05) is 19.1 Å². The predicted octanol–water partition coefficient (Wildman–Crippen LogP) is 1.31. The van der Waals surface area contributed by atoms with Crippen molar-refractivity contribution in [2.45, 2.75) is 33.2 Å². The van der Waals surface area contributed by atoms with E-state index in [-0.39, 0.29) is 0 Å². The fourth-order valence-electron chi connectivity index (χ4n) is 1.72. The normalized spacial score (nSPS) is 31.8. The van der Waals surface area contributed by atoms with Gasteiger partial charge in [-0.05, 0) is 24.8 Å². The Bertz CT molecular complexity index is 124. The Morgan fingerprint density at radius 3 is 2.50 bits per heavy atom. The lowest BCUT2D eigenvalue weighted by atomic mass is 10.1. The standard InChI is InChI=1S/C10H22N2/c1-8(2)4-5-12-6-9(3)10(11)7-12/h8-10H,4-7,11H2,1-3H3. The summed E-state index contributed by atoms with van der Waals surface area (Å²) < 4.78 is 0. The summed E-state index contributed by atoms with van der Waals surface area (Å²) >= 11 is 0. The lowest BCUT2D eigenvalue weighted by Crippen LogP contribution is -2.29. The highest BCUT2D eigenvalue weighted by molar-refractivity contribution is 4.83. The van der Waals surface area contributed by atoms with Gasteiger partial charge < -0.3 is 10.6 Å². The third-order valence-corrected chi connectivity index (χ3v) is 2.77. The minimum Gasteiger partial charge on any atom is -0.326 e. The molecule has 1 aliphatic heterocycles. The molecule has 12 heavy (non-hydrogen) atoms. The molecular weight excluding hydrogens is 148 g/mol. The molecule has 0 radical (unpaired) electrons. The SMILES string of the molecule is CC(C)CCN1CC(C)C(N)C1. The van der Waals surface area contributed by atoms with Crippen molar-refractivity contribution in [3.05, 3.63) is 0 Å². The summed E-state index contributed by atoms with van der Waals surface area (Å²) in [6, 6.07) is 0.414. The Balaban J connectivity index is 2.19. The Hall–Kier alpha value is -0.0800. The van der Waals surface area contributed by atoms with Crippen LogP contribution in [0, 0.1) is 11.8 Å². The fraction of sp³-hybridized carbons (Fsp3) is 1.00. The van der Waals surface area contributed by atoms with Gasteiger partial charge in [0.15, 0.2) is 0 Å². The van der Waals surface area contributed by atoms with Crippen LogP contribution >= 0.6 is 0 Å². The van der Waals surface area contributed by atoms with Crippen molar-refractivity contribution < 1.29 is 0 Å². The molecule has 2 unspecified atom stereocenters. The van der Waals surface area contributed by atoms with E-state index < -0.39 is 0 Å². The molecule has 0 amide bonds. The van der Waals surface area contributed by atoms with E-state index in [9.17, 15) is 0 Å². The molecular formula is C10H22N2. The topological polar surface area (TPSA) is 29.3 Å². The number of hydrogen-bond donors (Lipinski definition) is 1. The summed E-state index contributed by atoms with van der Waals surface area (Å²) in [5, 5.41) is 0. The molecule has 1 rings (SSSR count). The summed E-state index contributed by atoms with van der Waals surface area (Å²) in [5.41, 5.74) is 5.93. The highest BCUT2D eigenvalue weighted by Crippen LogP contribution is 2.15. The van der Waals surface area contributed by atoms with Crippen LogP contribution in [0.1, 0.15) is 27.2 Å². The van der Waals surface area contributed by atoms with Gasteiger partial charge in [-0.3, -0.25) is 0 Å². The zero-order valence-electron chi connectivity index (χ0n) is 8.59. The Morgan fingerprint density at radius 1 is 1.42 bits per heavy atom. The number of hydrogen-bond acceptors (Lipinski definition) is 2. The zero-order valence-corrected chi connectivity index (χ0v) is 8.59. The van der Waals surface area contributed by atoms with Gasteiger partial charge in [-0.2, -0.15) is 0 Å². The lowest BCUT2D eigenvalue weighted by Gasteiger charge is -2.16. The highest BCUT2D eigenvalue weighted by atomic mass is 15.2. The molecule has 0 saturated carbocycles. The van der Waals surface area contributed by atoms with E-state index in [0.717, 1.165) is 12.5 Å². The van der Waals surface area contributed by atoms with Crippen LogP contribution in [0.15, 0.2) is 0 Å². The van der Waals surface area contributed by atoms with Crippen molar-refractivity contribution in [2.75, 3.05) is 19.6 Å². The third kappa shape index (κ3) is 2.76. The number of nitrogens with two attached hydrogens (primary N) is 1. The highest BCUT2D eigenvalue weighted by Gasteiger charge is 2.25. The summed E-state index contributed by atoms with van der Waals surface area (Å²) in [6.45, 7) is 10.3. The maximum atomic E-state index is 5.93. The Kier molecular flexibility index (Phi) is 3.53. The molecule has 0 aliphatic carbocycles. The smallest absolute Gasteiger partial charge is 0.0206 e. The van der Waals surface area contributed by atoms with Crippen LogP contribution in [0.2, 0.25) is 0 Å². The summed E-state index contributed by atoms with van der Waals surface area (Å²) in [7, 11) is 0. The molecule has 1 aliphatic rings. The molecule has 2 heteroatoms. The predicted molar refractivity (Wildman–Crippen MR) is 53.0 cm³/mol. The maximum absolute atomic E-state index is 5.93. The van der Waals surface area contributed by atoms with Gasteiger partial charge in [-0.15, -0.1) is 0 Å². The second-order valence-corrected chi connectivity index (χ2v) is 4.58. The summed E-state index contributed by atoms with van der Waals surface area (Å²) in [4.78, 5) is 2.50. The van der Waals surface area contributed by atoms with Gasteiger partial charge in [-0.25, -0.2) is 0 Å².